The maximum absolute atomic E-state index is 4.58. The van der Waals surface area contributed by atoms with Crippen LogP contribution in [0.1, 0.15) is 18.7 Å². The van der Waals surface area contributed by atoms with Crippen LogP contribution in [0.3, 0.4) is 0 Å². The molecule has 1 aliphatic heterocycles. The van der Waals surface area contributed by atoms with Crippen molar-refractivity contribution >= 4 is 23.1 Å². The van der Waals surface area contributed by atoms with E-state index < -0.39 is 0 Å². The topological polar surface area (TPSA) is 41.6 Å². The molecule has 1 N–H and O–H groups in total. The van der Waals surface area contributed by atoms with Crippen LogP contribution in [0.2, 0.25) is 0 Å². The Labute approximate surface area is 109 Å². The Morgan fingerprint density at radius 1 is 1.35 bits per heavy atom. The second kappa shape index (κ2) is 5.23. The summed E-state index contributed by atoms with van der Waals surface area (Å²) >= 11 is 3.75. The first-order valence-corrected chi connectivity index (χ1v) is 7.98. The quantitative estimate of drug-likeness (QED) is 0.926. The van der Waals surface area contributed by atoms with Crippen LogP contribution in [0.4, 0.5) is 0 Å². The third-order valence-electron chi connectivity index (χ3n) is 3.10. The third-order valence-corrected chi connectivity index (χ3v) is 5.01. The van der Waals surface area contributed by atoms with E-state index in [0.717, 1.165) is 28.9 Å². The molecule has 3 heterocycles. The van der Waals surface area contributed by atoms with Crippen molar-refractivity contribution < 1.29 is 0 Å². The van der Waals surface area contributed by atoms with Crippen LogP contribution in [0.15, 0.2) is 17.5 Å². The predicted molar refractivity (Wildman–Crippen MR) is 73.4 cm³/mol. The van der Waals surface area contributed by atoms with Crippen LogP contribution >= 0.6 is 23.1 Å². The molecule has 17 heavy (non-hydrogen) atoms. The van der Waals surface area contributed by atoms with Crippen molar-refractivity contribution in [2.45, 2.75) is 19.3 Å². The highest BCUT2D eigenvalue weighted by atomic mass is 32.2. The minimum absolute atomic E-state index is 0.792. The summed E-state index contributed by atoms with van der Waals surface area (Å²) in [4.78, 5) is 5.73. The molecular weight excluding hydrogens is 250 g/mol. The van der Waals surface area contributed by atoms with Gasteiger partial charge in [0.05, 0.1) is 4.88 Å². The van der Waals surface area contributed by atoms with Crippen LogP contribution in [-0.2, 0) is 6.42 Å². The molecule has 0 saturated carbocycles. The van der Waals surface area contributed by atoms with Gasteiger partial charge >= 0.3 is 0 Å². The van der Waals surface area contributed by atoms with Crippen LogP contribution < -0.4 is 0 Å². The molecule has 5 heteroatoms. The van der Waals surface area contributed by atoms with Crippen molar-refractivity contribution in [1.82, 2.24) is 15.2 Å². The fourth-order valence-corrected chi connectivity index (χ4v) is 3.99. The number of nitrogens with zero attached hydrogens (tertiary/aromatic N) is 2. The summed E-state index contributed by atoms with van der Waals surface area (Å²) in [6.07, 6.45) is 3.69. The number of H-pyrrole nitrogens is 1. The van der Waals surface area contributed by atoms with E-state index in [0.29, 0.717) is 0 Å². The molecule has 0 unspecified atom stereocenters. The molecule has 3 rings (SSSR count). The first-order chi connectivity index (χ1) is 8.42. The standard InChI is InChI=1S/C12H15N3S2/c1-2-10(17-5-1)12-13-11(14-15-12)8-9-3-6-16-7-4-9/h1-2,5,9H,3-4,6-8H2,(H,13,14,15). The minimum Gasteiger partial charge on any atom is -0.263 e. The lowest BCUT2D eigenvalue weighted by Gasteiger charge is -2.19. The first kappa shape index (κ1) is 11.3. The number of hydrogen-bond acceptors (Lipinski definition) is 4. The van der Waals surface area contributed by atoms with Crippen LogP contribution in [0.25, 0.3) is 10.7 Å². The Hall–Kier alpha value is -0.810. The number of nitrogens with one attached hydrogen (secondary N) is 1. The highest BCUT2D eigenvalue weighted by molar-refractivity contribution is 7.99. The number of rotatable bonds is 3. The molecule has 0 aliphatic carbocycles. The summed E-state index contributed by atoms with van der Waals surface area (Å²) in [7, 11) is 0. The highest BCUT2D eigenvalue weighted by Gasteiger charge is 2.16. The molecule has 2 aromatic heterocycles. The normalized spacial score (nSPS) is 17.4. The largest absolute Gasteiger partial charge is 0.263 e. The summed E-state index contributed by atoms with van der Waals surface area (Å²) in [6, 6.07) is 4.10. The van der Waals surface area contributed by atoms with E-state index in [9.17, 15) is 0 Å². The molecule has 0 aromatic carbocycles. The molecule has 1 fully saturated rings. The van der Waals surface area contributed by atoms with Gasteiger partial charge in [0.2, 0.25) is 0 Å². The van der Waals surface area contributed by atoms with E-state index in [1.54, 1.807) is 11.3 Å². The number of thiophene rings is 1. The molecular formula is C12H15N3S2. The molecule has 2 aromatic rings. The van der Waals surface area contributed by atoms with Gasteiger partial charge in [0.1, 0.15) is 5.82 Å². The van der Waals surface area contributed by atoms with E-state index in [1.165, 1.54) is 24.3 Å². The van der Waals surface area contributed by atoms with Crippen molar-refractivity contribution in [3.8, 4) is 10.7 Å². The summed E-state index contributed by atoms with van der Waals surface area (Å²) in [5, 5.41) is 9.43. The number of aromatic amines is 1. The lowest BCUT2D eigenvalue weighted by Crippen LogP contribution is -2.12. The smallest absolute Gasteiger partial charge is 0.191 e. The maximum Gasteiger partial charge on any atom is 0.191 e. The van der Waals surface area contributed by atoms with Gasteiger partial charge in [-0.05, 0) is 41.7 Å². The SMILES string of the molecule is c1csc(-c2n[nH]c(CC3CCSCC3)n2)c1. The maximum atomic E-state index is 4.58. The van der Waals surface area contributed by atoms with E-state index in [2.05, 4.69) is 38.4 Å². The molecule has 1 saturated heterocycles. The van der Waals surface area contributed by atoms with Gasteiger partial charge in [0.15, 0.2) is 5.82 Å². The van der Waals surface area contributed by atoms with E-state index in [4.69, 9.17) is 0 Å². The van der Waals surface area contributed by atoms with E-state index in [1.807, 2.05) is 6.07 Å². The van der Waals surface area contributed by atoms with Gasteiger partial charge in [0.25, 0.3) is 0 Å². The van der Waals surface area contributed by atoms with Crippen LogP contribution in [0, 0.1) is 5.92 Å². The molecule has 3 nitrogen and oxygen atoms in total. The highest BCUT2D eigenvalue weighted by Crippen LogP contribution is 2.26. The van der Waals surface area contributed by atoms with Gasteiger partial charge in [-0.1, -0.05) is 6.07 Å². The summed E-state index contributed by atoms with van der Waals surface area (Å²) in [6.45, 7) is 0. The monoisotopic (exact) mass is 265 g/mol. The van der Waals surface area contributed by atoms with Crippen molar-refractivity contribution in [3.63, 3.8) is 0 Å². The Morgan fingerprint density at radius 3 is 3.00 bits per heavy atom. The zero-order chi connectivity index (χ0) is 11.5. The summed E-state index contributed by atoms with van der Waals surface area (Å²) < 4.78 is 0. The Morgan fingerprint density at radius 2 is 2.24 bits per heavy atom. The average molecular weight is 265 g/mol. The fourth-order valence-electron chi connectivity index (χ4n) is 2.13. The third kappa shape index (κ3) is 2.72. The Bertz CT molecular complexity index is 458. The van der Waals surface area contributed by atoms with Crippen LogP contribution in [0.5, 0.6) is 0 Å². The van der Waals surface area contributed by atoms with Gasteiger partial charge in [-0.15, -0.1) is 11.3 Å². The lowest BCUT2D eigenvalue weighted by atomic mass is 9.99. The van der Waals surface area contributed by atoms with Crippen molar-refractivity contribution in [2.24, 2.45) is 5.92 Å². The second-order valence-electron chi connectivity index (χ2n) is 4.34. The van der Waals surface area contributed by atoms with E-state index >= 15 is 0 Å². The summed E-state index contributed by atoms with van der Waals surface area (Å²) in [5.41, 5.74) is 0. The Balaban J connectivity index is 1.68. The molecule has 90 valence electrons. The number of hydrogen-bond donors (Lipinski definition) is 1. The second-order valence-corrected chi connectivity index (χ2v) is 6.52. The molecule has 0 amide bonds. The molecule has 1 aliphatic rings. The summed E-state index contributed by atoms with van der Waals surface area (Å²) in [5.74, 6) is 5.29. The van der Waals surface area contributed by atoms with Gasteiger partial charge < -0.3 is 0 Å². The van der Waals surface area contributed by atoms with Crippen molar-refractivity contribution in [1.29, 1.82) is 0 Å². The zero-order valence-electron chi connectivity index (χ0n) is 9.56. The van der Waals surface area contributed by atoms with Gasteiger partial charge in [-0.25, -0.2) is 4.98 Å². The van der Waals surface area contributed by atoms with Crippen molar-refractivity contribution in [3.05, 3.63) is 23.3 Å². The first-order valence-electron chi connectivity index (χ1n) is 5.95. The van der Waals surface area contributed by atoms with Gasteiger partial charge in [-0.3, -0.25) is 5.10 Å². The molecule has 0 spiro atoms. The zero-order valence-corrected chi connectivity index (χ0v) is 11.2. The molecule has 0 atom stereocenters. The lowest BCUT2D eigenvalue weighted by molar-refractivity contribution is 0.477. The van der Waals surface area contributed by atoms with Crippen LogP contribution in [-0.4, -0.2) is 26.7 Å². The molecule has 0 radical (unpaired) electrons. The fraction of sp³-hybridized carbons (Fsp3) is 0.500. The van der Waals surface area contributed by atoms with Gasteiger partial charge in [0, 0.05) is 6.42 Å². The average Bonchev–Trinajstić information content (AvgIpc) is 3.00. The van der Waals surface area contributed by atoms with Crippen molar-refractivity contribution in [2.75, 3.05) is 11.5 Å². The molecule has 0 bridgehead atoms. The number of aromatic nitrogens is 3. The van der Waals surface area contributed by atoms with Gasteiger partial charge in [-0.2, -0.15) is 16.9 Å². The predicted octanol–water partition coefficient (Wildman–Crippen LogP) is 3.22. The number of thioether (sulfide) groups is 1. The minimum atomic E-state index is 0.792. The van der Waals surface area contributed by atoms with E-state index in [-0.39, 0.29) is 0 Å². The Kier molecular flexibility index (Phi) is 3.47.